The Balaban J connectivity index is 2.94. The van der Waals surface area contributed by atoms with Crippen LogP contribution in [0.15, 0.2) is 45.9 Å². The first kappa shape index (κ1) is 23.3. The first-order valence-electron chi connectivity index (χ1n) is 9.36. The lowest BCUT2D eigenvalue weighted by Gasteiger charge is -2.41. The lowest BCUT2D eigenvalue weighted by atomic mass is 10.1. The Hall–Kier alpha value is -1.00. The van der Waals surface area contributed by atoms with Gasteiger partial charge in [0, 0.05) is 12.6 Å². The molecule has 0 aliphatic heterocycles. The van der Waals surface area contributed by atoms with Gasteiger partial charge in [0.15, 0.2) is 7.51 Å². The highest BCUT2D eigenvalue weighted by Crippen LogP contribution is 2.58. The zero-order valence-corrected chi connectivity index (χ0v) is 20.8. The van der Waals surface area contributed by atoms with Crippen LogP contribution in [0.5, 0.6) is 0 Å². The number of hydrogen-bond acceptors (Lipinski definition) is 2. The molecule has 0 aromatic heterocycles. The Labute approximate surface area is 171 Å². The Bertz CT molecular complexity index is 907. The SMILES string of the molecule is CN(C)P(C)(C)=Nc1cccc2cccc(N=P(N(C)C)(N(C)C)N(C)C)c12. The van der Waals surface area contributed by atoms with Crippen molar-refractivity contribution in [3.8, 4) is 0 Å². The third-order valence-corrected chi connectivity index (χ3v) is 11.4. The van der Waals surface area contributed by atoms with Gasteiger partial charge in [-0.25, -0.2) is 4.74 Å². The van der Waals surface area contributed by atoms with Gasteiger partial charge in [-0.3, -0.25) is 23.4 Å². The molecule has 0 saturated carbocycles. The van der Waals surface area contributed by atoms with E-state index in [0.29, 0.717) is 0 Å². The Kier molecular flexibility index (Phi) is 7.31. The summed E-state index contributed by atoms with van der Waals surface area (Å²) in [6.07, 6.45) is 0. The minimum Gasteiger partial charge on any atom is -0.276 e. The first-order valence-corrected chi connectivity index (χ1v) is 13.5. The highest BCUT2D eigenvalue weighted by molar-refractivity contribution is 7.62. The number of hydrogen-bond donors (Lipinski definition) is 0. The fourth-order valence-electron chi connectivity index (χ4n) is 3.31. The molecular weight excluding hydrogens is 386 g/mol. The molecule has 0 spiro atoms. The molecule has 2 aromatic carbocycles. The van der Waals surface area contributed by atoms with Gasteiger partial charge in [0.05, 0.1) is 11.4 Å². The Morgan fingerprint density at radius 1 is 0.607 bits per heavy atom. The highest BCUT2D eigenvalue weighted by atomic mass is 31.2. The van der Waals surface area contributed by atoms with Crippen LogP contribution >= 0.6 is 14.7 Å². The largest absolute Gasteiger partial charge is 0.276 e. The molecule has 0 amide bonds. The summed E-state index contributed by atoms with van der Waals surface area (Å²) in [5.74, 6) is 0. The average molecular weight is 422 g/mol. The molecule has 0 saturated heterocycles. The van der Waals surface area contributed by atoms with E-state index in [2.05, 4.69) is 125 Å². The highest BCUT2D eigenvalue weighted by Gasteiger charge is 2.29. The van der Waals surface area contributed by atoms with E-state index in [4.69, 9.17) is 9.49 Å². The van der Waals surface area contributed by atoms with E-state index in [0.717, 1.165) is 16.8 Å². The summed E-state index contributed by atoms with van der Waals surface area (Å²) in [5, 5.41) is 2.31. The van der Waals surface area contributed by atoms with Crippen molar-refractivity contribution < 1.29 is 0 Å². The van der Waals surface area contributed by atoms with Gasteiger partial charge in [0.1, 0.15) is 0 Å². The topological polar surface area (TPSA) is 37.7 Å². The van der Waals surface area contributed by atoms with E-state index in [1.807, 2.05) is 0 Å². The van der Waals surface area contributed by atoms with Crippen LogP contribution in [0.25, 0.3) is 10.8 Å². The van der Waals surface area contributed by atoms with Gasteiger partial charge in [-0.15, -0.1) is 0 Å². The number of fused-ring (bicyclic) bond motifs is 1. The first-order chi connectivity index (χ1) is 12.9. The lowest BCUT2D eigenvalue weighted by Crippen LogP contribution is -2.30. The fraction of sp³-hybridized carbons (Fsp3) is 0.500. The molecule has 156 valence electrons. The van der Waals surface area contributed by atoms with Crippen molar-refractivity contribution in [1.82, 2.24) is 18.7 Å². The molecule has 0 aliphatic rings. The molecule has 0 aliphatic carbocycles. The zero-order valence-electron chi connectivity index (χ0n) is 19.0. The fourth-order valence-corrected chi connectivity index (χ4v) is 7.32. The summed E-state index contributed by atoms with van der Waals surface area (Å²) >= 11 is 0. The van der Waals surface area contributed by atoms with Gasteiger partial charge in [-0.05, 0) is 87.2 Å². The van der Waals surface area contributed by atoms with Crippen molar-refractivity contribution in [2.75, 3.05) is 69.7 Å². The zero-order chi connectivity index (χ0) is 21.3. The molecule has 0 unspecified atom stereocenters. The molecule has 0 heterocycles. The normalized spacial score (nSPS) is 13.2. The predicted octanol–water partition coefficient (Wildman–Crippen LogP) is 5.67. The second-order valence-corrected chi connectivity index (χ2v) is 15.5. The molecule has 6 nitrogen and oxygen atoms in total. The summed E-state index contributed by atoms with van der Waals surface area (Å²) < 4.78 is 19.5. The summed E-state index contributed by atoms with van der Waals surface area (Å²) in [6.45, 7) is 4.48. The maximum Gasteiger partial charge on any atom is 0.171 e. The van der Waals surface area contributed by atoms with E-state index in [1.165, 1.54) is 5.39 Å². The van der Waals surface area contributed by atoms with E-state index >= 15 is 0 Å². The Morgan fingerprint density at radius 3 is 1.43 bits per heavy atom. The van der Waals surface area contributed by atoms with Crippen LogP contribution in [0.3, 0.4) is 0 Å². The minimum absolute atomic E-state index is 1.00. The van der Waals surface area contributed by atoms with Crippen molar-refractivity contribution in [2.45, 2.75) is 0 Å². The van der Waals surface area contributed by atoms with Crippen LogP contribution in [-0.2, 0) is 0 Å². The number of nitrogens with zero attached hydrogens (tertiary/aromatic N) is 6. The average Bonchev–Trinajstić information content (AvgIpc) is 2.58. The van der Waals surface area contributed by atoms with Gasteiger partial charge >= 0.3 is 0 Å². The van der Waals surface area contributed by atoms with E-state index in [1.54, 1.807) is 0 Å². The summed E-state index contributed by atoms with van der Waals surface area (Å²) in [6, 6.07) is 12.7. The molecule has 0 bridgehead atoms. The van der Waals surface area contributed by atoms with Crippen LogP contribution in [0.1, 0.15) is 0 Å². The van der Waals surface area contributed by atoms with Crippen molar-refractivity contribution in [3.63, 3.8) is 0 Å². The van der Waals surface area contributed by atoms with Gasteiger partial charge in [0.2, 0.25) is 0 Å². The molecule has 28 heavy (non-hydrogen) atoms. The van der Waals surface area contributed by atoms with Gasteiger partial charge in [-0.1, -0.05) is 24.3 Å². The summed E-state index contributed by atoms with van der Waals surface area (Å²) in [4.78, 5) is 0. The van der Waals surface area contributed by atoms with Crippen molar-refractivity contribution in [1.29, 1.82) is 0 Å². The van der Waals surface area contributed by atoms with Gasteiger partial charge in [-0.2, -0.15) is 0 Å². The van der Waals surface area contributed by atoms with E-state index < -0.39 is 14.7 Å². The van der Waals surface area contributed by atoms with Gasteiger partial charge in [0.25, 0.3) is 0 Å². The lowest BCUT2D eigenvalue weighted by molar-refractivity contribution is 0.474. The summed E-state index contributed by atoms with van der Waals surface area (Å²) in [7, 11) is 13.2. The third-order valence-electron chi connectivity index (χ3n) is 5.04. The minimum atomic E-state index is -2.05. The number of benzene rings is 2. The quantitative estimate of drug-likeness (QED) is 0.562. The number of rotatable bonds is 6. The molecule has 0 atom stereocenters. The van der Waals surface area contributed by atoms with Crippen molar-refractivity contribution in [2.24, 2.45) is 9.49 Å². The van der Waals surface area contributed by atoms with Crippen LogP contribution in [0, 0.1) is 0 Å². The maximum absolute atomic E-state index is 5.38. The van der Waals surface area contributed by atoms with Crippen molar-refractivity contribution >= 4 is 36.9 Å². The second-order valence-electron chi connectivity index (χ2n) is 8.11. The summed E-state index contributed by atoms with van der Waals surface area (Å²) in [5.41, 5.74) is 2.03. The molecular formula is C20H36N6P2. The standard InChI is InChI=1S/C20H36N6P2/c1-23(2)27(9,10)21-18-15-11-13-17-14-12-16-19(20(17)18)22-28(24(3)4,25(5)6)26(7)8/h11-16H,1-10H3. The van der Waals surface area contributed by atoms with Crippen LogP contribution in [0.4, 0.5) is 11.4 Å². The molecule has 2 rings (SSSR count). The van der Waals surface area contributed by atoms with Gasteiger partial charge < -0.3 is 0 Å². The maximum atomic E-state index is 5.38. The van der Waals surface area contributed by atoms with E-state index in [-0.39, 0.29) is 0 Å². The smallest absolute Gasteiger partial charge is 0.171 e. The molecule has 0 fully saturated rings. The third kappa shape index (κ3) is 4.43. The molecule has 8 heteroatoms. The molecule has 2 aromatic rings. The molecule has 0 N–H and O–H groups in total. The van der Waals surface area contributed by atoms with Crippen molar-refractivity contribution in [3.05, 3.63) is 36.4 Å². The second kappa shape index (κ2) is 8.79. The Morgan fingerprint density at radius 2 is 1.04 bits per heavy atom. The van der Waals surface area contributed by atoms with Crippen LogP contribution < -0.4 is 0 Å². The predicted molar refractivity (Wildman–Crippen MR) is 129 cm³/mol. The van der Waals surface area contributed by atoms with E-state index in [9.17, 15) is 0 Å². The molecule has 0 radical (unpaired) electrons. The monoisotopic (exact) mass is 422 g/mol. The van der Waals surface area contributed by atoms with Crippen LogP contribution in [0.2, 0.25) is 0 Å². The van der Waals surface area contributed by atoms with Crippen LogP contribution in [-0.4, -0.2) is 88.4 Å².